The van der Waals surface area contributed by atoms with Crippen molar-refractivity contribution in [3.8, 4) is 17.1 Å². The third kappa shape index (κ3) is 1.69. The van der Waals surface area contributed by atoms with E-state index in [-0.39, 0.29) is 5.88 Å². The predicted molar refractivity (Wildman–Crippen MR) is 87.0 cm³/mol. The fourth-order valence-electron chi connectivity index (χ4n) is 2.97. The van der Waals surface area contributed by atoms with E-state index in [0.29, 0.717) is 5.70 Å². The molecule has 1 aliphatic rings. The number of H-pyrrole nitrogens is 1. The SMILES string of the molecule is C=C1N=C(c2ccn(C)c2)c2c(O)[nH]c(-c3ccn(C)c3)c21. The third-order valence-electron chi connectivity index (χ3n) is 3.98. The summed E-state index contributed by atoms with van der Waals surface area (Å²) in [7, 11) is 3.92. The van der Waals surface area contributed by atoms with E-state index in [9.17, 15) is 5.11 Å². The molecule has 3 aromatic rings. The molecule has 0 saturated carbocycles. The Balaban J connectivity index is 1.91. The Labute approximate surface area is 127 Å². The number of hydrogen-bond donors (Lipinski definition) is 2. The second-order valence-corrected chi connectivity index (χ2v) is 5.64. The molecule has 0 unspecified atom stereocenters. The van der Waals surface area contributed by atoms with Crippen molar-refractivity contribution >= 4 is 11.4 Å². The molecule has 2 N–H and O–H groups in total. The fraction of sp³-hybridized carbons (Fsp3) is 0.118. The molecule has 0 saturated heterocycles. The number of aryl methyl sites for hydroxylation is 2. The van der Waals surface area contributed by atoms with E-state index in [0.717, 1.165) is 33.7 Å². The van der Waals surface area contributed by atoms with Crippen molar-refractivity contribution in [3.63, 3.8) is 0 Å². The molecule has 4 rings (SSSR count). The largest absolute Gasteiger partial charge is 0.494 e. The van der Waals surface area contributed by atoms with Gasteiger partial charge in [0.2, 0.25) is 0 Å². The van der Waals surface area contributed by atoms with Crippen LogP contribution >= 0.6 is 0 Å². The standard InChI is InChI=1S/C17H16N4O/c1-10-13-14(16(18-10)12-5-7-21(3)9-12)17(22)19-15(13)11-4-6-20(2)8-11/h4-9,19,22H,1H2,2-3H3. The fourth-order valence-corrected chi connectivity index (χ4v) is 2.97. The van der Waals surface area contributed by atoms with Gasteiger partial charge in [-0.3, -0.25) is 0 Å². The van der Waals surface area contributed by atoms with Gasteiger partial charge in [0.15, 0.2) is 5.88 Å². The second kappa shape index (κ2) is 4.27. The highest BCUT2D eigenvalue weighted by Crippen LogP contribution is 2.42. The zero-order chi connectivity index (χ0) is 15.4. The van der Waals surface area contributed by atoms with Gasteiger partial charge in [-0.05, 0) is 12.1 Å². The molecule has 0 fully saturated rings. The molecule has 0 spiro atoms. The number of aromatic nitrogens is 3. The van der Waals surface area contributed by atoms with Crippen LogP contribution in [0.3, 0.4) is 0 Å². The number of hydrogen-bond acceptors (Lipinski definition) is 2. The van der Waals surface area contributed by atoms with E-state index in [2.05, 4.69) is 16.6 Å². The average Bonchev–Trinajstić information content (AvgIpc) is 3.19. The third-order valence-corrected chi connectivity index (χ3v) is 3.98. The van der Waals surface area contributed by atoms with Crippen molar-refractivity contribution in [2.45, 2.75) is 0 Å². The molecular weight excluding hydrogens is 276 g/mol. The van der Waals surface area contributed by atoms with E-state index in [1.54, 1.807) is 0 Å². The molecular formula is C17H16N4O. The molecule has 0 aromatic carbocycles. The van der Waals surface area contributed by atoms with Crippen LogP contribution < -0.4 is 0 Å². The maximum atomic E-state index is 10.4. The van der Waals surface area contributed by atoms with Crippen LogP contribution in [-0.4, -0.2) is 24.9 Å². The first-order valence-electron chi connectivity index (χ1n) is 7.02. The van der Waals surface area contributed by atoms with Crippen LogP contribution in [0.5, 0.6) is 5.88 Å². The minimum Gasteiger partial charge on any atom is -0.494 e. The van der Waals surface area contributed by atoms with Crippen molar-refractivity contribution in [2.75, 3.05) is 0 Å². The quantitative estimate of drug-likeness (QED) is 0.749. The second-order valence-electron chi connectivity index (χ2n) is 5.64. The van der Waals surface area contributed by atoms with Crippen LogP contribution in [0.2, 0.25) is 0 Å². The molecule has 5 nitrogen and oxygen atoms in total. The number of aliphatic imine (C=N–C) groups is 1. The summed E-state index contributed by atoms with van der Waals surface area (Å²) < 4.78 is 3.93. The van der Waals surface area contributed by atoms with Crippen LogP contribution in [0.1, 0.15) is 16.7 Å². The highest BCUT2D eigenvalue weighted by atomic mass is 16.3. The monoisotopic (exact) mass is 292 g/mol. The number of aromatic amines is 1. The summed E-state index contributed by atoms with van der Waals surface area (Å²) >= 11 is 0. The highest BCUT2D eigenvalue weighted by molar-refractivity contribution is 6.23. The summed E-state index contributed by atoms with van der Waals surface area (Å²) in [5.74, 6) is 0.134. The van der Waals surface area contributed by atoms with Crippen LogP contribution in [0, 0.1) is 0 Å². The summed E-state index contributed by atoms with van der Waals surface area (Å²) in [6.45, 7) is 4.05. The number of nitrogens with zero attached hydrogens (tertiary/aromatic N) is 3. The molecule has 110 valence electrons. The van der Waals surface area contributed by atoms with E-state index in [4.69, 9.17) is 0 Å². The molecule has 1 aliphatic heterocycles. The topological polar surface area (TPSA) is 58.2 Å². The molecule has 0 aliphatic carbocycles. The zero-order valence-corrected chi connectivity index (χ0v) is 12.5. The van der Waals surface area contributed by atoms with E-state index < -0.39 is 0 Å². The van der Waals surface area contributed by atoms with E-state index >= 15 is 0 Å². The van der Waals surface area contributed by atoms with Gasteiger partial charge in [-0.15, -0.1) is 0 Å². The first kappa shape index (κ1) is 12.8. The van der Waals surface area contributed by atoms with Crippen LogP contribution in [0.4, 0.5) is 0 Å². The van der Waals surface area contributed by atoms with Gasteiger partial charge < -0.3 is 19.2 Å². The normalized spacial score (nSPS) is 13.5. The van der Waals surface area contributed by atoms with Gasteiger partial charge >= 0.3 is 0 Å². The predicted octanol–water partition coefficient (Wildman–Crippen LogP) is 2.89. The molecule has 0 amide bonds. The number of nitrogens with one attached hydrogen (secondary N) is 1. The number of fused-ring (bicyclic) bond motifs is 1. The summed E-state index contributed by atoms with van der Waals surface area (Å²) in [5, 5.41) is 10.4. The van der Waals surface area contributed by atoms with Crippen molar-refractivity contribution < 1.29 is 5.11 Å². The van der Waals surface area contributed by atoms with E-state index in [1.165, 1.54) is 0 Å². The number of rotatable bonds is 2. The highest BCUT2D eigenvalue weighted by Gasteiger charge is 2.30. The van der Waals surface area contributed by atoms with Crippen molar-refractivity contribution in [3.05, 3.63) is 60.2 Å². The Hall–Kier alpha value is -2.95. The van der Waals surface area contributed by atoms with Gasteiger partial charge in [0.1, 0.15) is 0 Å². The van der Waals surface area contributed by atoms with Crippen molar-refractivity contribution in [1.29, 1.82) is 0 Å². The Morgan fingerprint density at radius 3 is 2.27 bits per heavy atom. The lowest BCUT2D eigenvalue weighted by molar-refractivity contribution is 0.456. The first-order valence-corrected chi connectivity index (χ1v) is 7.02. The summed E-state index contributed by atoms with van der Waals surface area (Å²) in [6.07, 6.45) is 7.91. The lowest BCUT2D eigenvalue weighted by Gasteiger charge is -1.98. The Morgan fingerprint density at radius 2 is 1.68 bits per heavy atom. The van der Waals surface area contributed by atoms with Gasteiger partial charge in [0.25, 0.3) is 0 Å². The van der Waals surface area contributed by atoms with E-state index in [1.807, 2.05) is 60.1 Å². The Bertz CT molecular complexity index is 936. The summed E-state index contributed by atoms with van der Waals surface area (Å²) in [6, 6.07) is 3.98. The van der Waals surface area contributed by atoms with Crippen LogP contribution in [0.15, 0.2) is 48.5 Å². The lowest BCUT2D eigenvalue weighted by Crippen LogP contribution is -1.98. The first-order chi connectivity index (χ1) is 10.5. The van der Waals surface area contributed by atoms with Gasteiger partial charge in [-0.25, -0.2) is 4.99 Å². The molecule has 22 heavy (non-hydrogen) atoms. The minimum atomic E-state index is 0.134. The van der Waals surface area contributed by atoms with Crippen LogP contribution in [-0.2, 0) is 14.1 Å². The lowest BCUT2D eigenvalue weighted by atomic mass is 10.0. The molecule has 5 heteroatoms. The number of aromatic hydroxyl groups is 1. The average molecular weight is 292 g/mol. The molecule has 0 atom stereocenters. The van der Waals surface area contributed by atoms with Gasteiger partial charge in [0, 0.05) is 55.6 Å². The smallest absolute Gasteiger partial charge is 0.199 e. The zero-order valence-electron chi connectivity index (χ0n) is 12.5. The Morgan fingerprint density at radius 1 is 1.05 bits per heavy atom. The van der Waals surface area contributed by atoms with Crippen molar-refractivity contribution in [2.24, 2.45) is 19.1 Å². The summed E-state index contributed by atoms with van der Waals surface area (Å²) in [5.41, 5.74) is 5.87. The molecule has 4 heterocycles. The molecule has 0 bridgehead atoms. The van der Waals surface area contributed by atoms with Crippen molar-refractivity contribution in [1.82, 2.24) is 14.1 Å². The van der Waals surface area contributed by atoms with Crippen LogP contribution in [0.25, 0.3) is 17.0 Å². The Kier molecular flexibility index (Phi) is 2.48. The maximum Gasteiger partial charge on any atom is 0.199 e. The maximum absolute atomic E-state index is 10.4. The minimum absolute atomic E-state index is 0.134. The van der Waals surface area contributed by atoms with Gasteiger partial charge in [0.05, 0.1) is 22.7 Å². The van der Waals surface area contributed by atoms with Gasteiger partial charge in [-0.2, -0.15) is 0 Å². The molecule has 3 aromatic heterocycles. The molecule has 0 radical (unpaired) electrons. The van der Waals surface area contributed by atoms with Gasteiger partial charge in [-0.1, -0.05) is 6.58 Å². The summed E-state index contributed by atoms with van der Waals surface area (Å²) in [4.78, 5) is 7.65.